The summed E-state index contributed by atoms with van der Waals surface area (Å²) in [5.41, 5.74) is 6.47. The van der Waals surface area contributed by atoms with Crippen LogP contribution in [0.15, 0.2) is 0 Å². The van der Waals surface area contributed by atoms with Crippen molar-refractivity contribution in [3.8, 4) is 0 Å². The largest absolute Gasteiger partial charge is 0.379 e. The van der Waals surface area contributed by atoms with Gasteiger partial charge in [0.25, 0.3) is 0 Å². The summed E-state index contributed by atoms with van der Waals surface area (Å²) in [6, 6.07) is 2.02. The highest BCUT2D eigenvalue weighted by Crippen LogP contribution is 2.43. The molecule has 3 rings (SSSR count). The van der Waals surface area contributed by atoms with Gasteiger partial charge < -0.3 is 15.4 Å². The summed E-state index contributed by atoms with van der Waals surface area (Å²) >= 11 is 0. The standard InChI is InChI=1S/C14H27N3O/c1-11-9-18-6-5-17(11)14(10-15)7-12-3-4-13(8-14)16(12)2/h11-13H,3-10,15H2,1-2H3. The predicted molar refractivity (Wildman–Crippen MR) is 72.6 cm³/mol. The second kappa shape index (κ2) is 4.75. The molecule has 3 fully saturated rings. The van der Waals surface area contributed by atoms with Crippen LogP contribution in [0.3, 0.4) is 0 Å². The number of hydrogen-bond acceptors (Lipinski definition) is 4. The van der Waals surface area contributed by atoms with E-state index in [9.17, 15) is 0 Å². The van der Waals surface area contributed by atoms with Gasteiger partial charge in [0.2, 0.25) is 0 Å². The van der Waals surface area contributed by atoms with Crippen LogP contribution < -0.4 is 5.73 Å². The fourth-order valence-electron chi connectivity index (χ4n) is 4.49. The molecule has 0 saturated carbocycles. The molecular weight excluding hydrogens is 226 g/mol. The molecule has 3 atom stereocenters. The van der Waals surface area contributed by atoms with Crippen molar-refractivity contribution in [1.82, 2.24) is 9.80 Å². The smallest absolute Gasteiger partial charge is 0.0620 e. The molecular formula is C14H27N3O. The van der Waals surface area contributed by atoms with Crippen molar-refractivity contribution in [2.75, 3.05) is 33.4 Å². The van der Waals surface area contributed by atoms with Crippen LogP contribution in [0.1, 0.15) is 32.6 Å². The molecule has 0 amide bonds. The molecule has 2 N–H and O–H groups in total. The Morgan fingerprint density at radius 1 is 1.28 bits per heavy atom. The third-order valence-electron chi connectivity index (χ3n) is 5.57. The Morgan fingerprint density at radius 2 is 1.94 bits per heavy atom. The highest BCUT2D eigenvalue weighted by Gasteiger charge is 2.50. The highest BCUT2D eigenvalue weighted by atomic mass is 16.5. The lowest BCUT2D eigenvalue weighted by Gasteiger charge is -2.54. The Bertz CT molecular complexity index is 295. The van der Waals surface area contributed by atoms with E-state index in [1.165, 1.54) is 25.7 Å². The number of morpholine rings is 1. The van der Waals surface area contributed by atoms with E-state index >= 15 is 0 Å². The molecule has 104 valence electrons. The first-order chi connectivity index (χ1) is 8.66. The summed E-state index contributed by atoms with van der Waals surface area (Å²) in [5, 5.41) is 0. The Hall–Kier alpha value is -0.160. The van der Waals surface area contributed by atoms with Crippen LogP contribution in [-0.4, -0.2) is 66.8 Å². The van der Waals surface area contributed by atoms with Gasteiger partial charge in [0.1, 0.15) is 0 Å². The van der Waals surface area contributed by atoms with Crippen molar-refractivity contribution in [3.63, 3.8) is 0 Å². The van der Waals surface area contributed by atoms with Gasteiger partial charge in [-0.1, -0.05) is 0 Å². The first-order valence-electron chi connectivity index (χ1n) is 7.43. The average Bonchev–Trinajstić information content (AvgIpc) is 2.63. The van der Waals surface area contributed by atoms with E-state index in [2.05, 4.69) is 23.8 Å². The molecule has 3 saturated heterocycles. The third-order valence-corrected chi connectivity index (χ3v) is 5.57. The van der Waals surface area contributed by atoms with Crippen molar-refractivity contribution in [2.45, 2.75) is 56.3 Å². The van der Waals surface area contributed by atoms with Gasteiger partial charge in [-0.05, 0) is 39.7 Å². The van der Waals surface area contributed by atoms with E-state index in [0.29, 0.717) is 6.04 Å². The fourth-order valence-corrected chi connectivity index (χ4v) is 4.49. The average molecular weight is 253 g/mol. The molecule has 3 aliphatic heterocycles. The molecule has 0 aromatic rings. The second-order valence-electron chi connectivity index (χ2n) is 6.50. The van der Waals surface area contributed by atoms with Gasteiger partial charge in [-0.2, -0.15) is 0 Å². The second-order valence-corrected chi connectivity index (χ2v) is 6.50. The lowest BCUT2D eigenvalue weighted by Crippen LogP contribution is -2.66. The minimum Gasteiger partial charge on any atom is -0.379 e. The topological polar surface area (TPSA) is 41.7 Å². The Kier molecular flexibility index (Phi) is 3.39. The first kappa shape index (κ1) is 12.9. The molecule has 2 bridgehead atoms. The summed E-state index contributed by atoms with van der Waals surface area (Å²) in [6.07, 6.45) is 5.23. The van der Waals surface area contributed by atoms with Gasteiger partial charge in [-0.15, -0.1) is 0 Å². The van der Waals surface area contributed by atoms with Gasteiger partial charge >= 0.3 is 0 Å². The van der Waals surface area contributed by atoms with Gasteiger partial charge in [-0.25, -0.2) is 0 Å². The Balaban J connectivity index is 1.82. The highest BCUT2D eigenvalue weighted by molar-refractivity contribution is 5.07. The normalized spacial score (nSPS) is 46.5. The maximum atomic E-state index is 6.23. The molecule has 3 aliphatic rings. The zero-order valence-electron chi connectivity index (χ0n) is 11.8. The molecule has 18 heavy (non-hydrogen) atoms. The summed E-state index contributed by atoms with van der Waals surface area (Å²) < 4.78 is 5.59. The van der Waals surface area contributed by atoms with Gasteiger partial charge in [0, 0.05) is 36.8 Å². The molecule has 0 aliphatic carbocycles. The molecule has 4 heteroatoms. The maximum Gasteiger partial charge on any atom is 0.0620 e. The summed E-state index contributed by atoms with van der Waals surface area (Å²) in [4.78, 5) is 5.26. The number of ether oxygens (including phenoxy) is 1. The molecule has 3 heterocycles. The number of rotatable bonds is 2. The SMILES string of the molecule is CC1COCCN1C1(CN)CC2CCC(C1)N2C. The lowest BCUT2D eigenvalue weighted by atomic mass is 9.80. The minimum absolute atomic E-state index is 0.238. The lowest BCUT2D eigenvalue weighted by molar-refractivity contribution is -0.0855. The van der Waals surface area contributed by atoms with Crippen LogP contribution in [0.4, 0.5) is 0 Å². The Morgan fingerprint density at radius 3 is 2.50 bits per heavy atom. The van der Waals surface area contributed by atoms with E-state index in [0.717, 1.165) is 38.4 Å². The predicted octanol–water partition coefficient (Wildman–Crippen LogP) is 0.661. The van der Waals surface area contributed by atoms with E-state index < -0.39 is 0 Å². The zero-order valence-corrected chi connectivity index (χ0v) is 11.8. The molecule has 0 aromatic heterocycles. The van der Waals surface area contributed by atoms with Crippen LogP contribution >= 0.6 is 0 Å². The molecule has 0 aromatic carbocycles. The quantitative estimate of drug-likeness (QED) is 0.785. The molecule has 0 spiro atoms. The van der Waals surface area contributed by atoms with Crippen molar-refractivity contribution >= 4 is 0 Å². The van der Waals surface area contributed by atoms with Gasteiger partial charge in [0.05, 0.1) is 13.2 Å². The fraction of sp³-hybridized carbons (Fsp3) is 1.00. The molecule has 4 nitrogen and oxygen atoms in total. The molecule has 0 radical (unpaired) electrons. The van der Waals surface area contributed by atoms with E-state index in [1.54, 1.807) is 0 Å². The third kappa shape index (κ3) is 1.90. The number of hydrogen-bond donors (Lipinski definition) is 1. The van der Waals surface area contributed by atoms with Crippen molar-refractivity contribution in [3.05, 3.63) is 0 Å². The van der Waals surface area contributed by atoms with Crippen molar-refractivity contribution < 1.29 is 4.74 Å². The monoisotopic (exact) mass is 253 g/mol. The van der Waals surface area contributed by atoms with Crippen molar-refractivity contribution in [2.24, 2.45) is 5.73 Å². The van der Waals surface area contributed by atoms with E-state index in [1.807, 2.05) is 0 Å². The summed E-state index contributed by atoms with van der Waals surface area (Å²) in [5.74, 6) is 0. The summed E-state index contributed by atoms with van der Waals surface area (Å²) in [7, 11) is 2.30. The van der Waals surface area contributed by atoms with Crippen LogP contribution in [0.2, 0.25) is 0 Å². The maximum absolute atomic E-state index is 6.23. The summed E-state index contributed by atoms with van der Waals surface area (Å²) in [6.45, 7) is 5.89. The number of fused-ring (bicyclic) bond motifs is 2. The Labute approximate surface area is 110 Å². The van der Waals surface area contributed by atoms with Crippen LogP contribution in [0.25, 0.3) is 0 Å². The number of nitrogens with two attached hydrogens (primary N) is 1. The van der Waals surface area contributed by atoms with Gasteiger partial charge in [0.15, 0.2) is 0 Å². The number of piperidine rings is 1. The van der Waals surface area contributed by atoms with Crippen LogP contribution in [0.5, 0.6) is 0 Å². The minimum atomic E-state index is 0.238. The number of nitrogens with zero attached hydrogens (tertiary/aromatic N) is 2. The van der Waals surface area contributed by atoms with Crippen LogP contribution in [0, 0.1) is 0 Å². The van der Waals surface area contributed by atoms with Crippen LogP contribution in [-0.2, 0) is 4.74 Å². The van der Waals surface area contributed by atoms with Crippen molar-refractivity contribution in [1.29, 1.82) is 0 Å². The van der Waals surface area contributed by atoms with E-state index in [4.69, 9.17) is 10.5 Å². The van der Waals surface area contributed by atoms with Gasteiger partial charge in [-0.3, -0.25) is 4.90 Å². The molecule has 3 unspecified atom stereocenters. The first-order valence-corrected chi connectivity index (χ1v) is 7.43. The van der Waals surface area contributed by atoms with E-state index in [-0.39, 0.29) is 5.54 Å². The zero-order chi connectivity index (χ0) is 12.8.